The minimum atomic E-state index is -2.28. The van der Waals surface area contributed by atoms with E-state index in [1.807, 2.05) is 43.9 Å². The van der Waals surface area contributed by atoms with Crippen molar-refractivity contribution in [1.29, 1.82) is 0 Å². The third kappa shape index (κ3) is 6.88. The topological polar surface area (TPSA) is 93.5 Å². The van der Waals surface area contributed by atoms with Gasteiger partial charge in [-0.15, -0.1) is 0 Å². The number of hydrogen-bond donors (Lipinski definition) is 0. The van der Waals surface area contributed by atoms with E-state index in [1.54, 1.807) is 48.7 Å². The van der Waals surface area contributed by atoms with Gasteiger partial charge >= 0.3 is 12.1 Å². The summed E-state index contributed by atoms with van der Waals surface area (Å²) in [5, 5.41) is 0.795. The number of benzene rings is 2. The van der Waals surface area contributed by atoms with Crippen molar-refractivity contribution in [3.63, 3.8) is 0 Å². The van der Waals surface area contributed by atoms with E-state index in [1.165, 1.54) is 11.0 Å². The molecule has 0 bridgehead atoms. The Bertz CT molecular complexity index is 1780. The van der Waals surface area contributed by atoms with E-state index in [0.29, 0.717) is 49.4 Å². The van der Waals surface area contributed by atoms with Crippen LogP contribution in [0.15, 0.2) is 42.5 Å². The minimum Gasteiger partial charge on any atom is -0.497 e. The average molecular weight is 709 g/mol. The summed E-state index contributed by atoms with van der Waals surface area (Å²) >= 11 is 0. The number of carbonyl (C=O) groups is 3. The number of para-hydroxylation sites is 1. The molecule has 0 aliphatic carbocycles. The van der Waals surface area contributed by atoms with Gasteiger partial charge in [0.15, 0.2) is 8.32 Å². The van der Waals surface area contributed by atoms with Gasteiger partial charge in [0.2, 0.25) is 5.91 Å². The van der Waals surface area contributed by atoms with Crippen LogP contribution in [0.3, 0.4) is 0 Å². The van der Waals surface area contributed by atoms with Crippen LogP contribution in [-0.2, 0) is 19.4 Å². The van der Waals surface area contributed by atoms with Gasteiger partial charge in [0.1, 0.15) is 17.2 Å². The number of carbonyl (C=O) groups excluding carboxylic acids is 3. The molecule has 3 aromatic rings. The smallest absolute Gasteiger partial charge is 0.419 e. The maximum atomic E-state index is 14.6. The maximum Gasteiger partial charge on any atom is 0.419 e. The van der Waals surface area contributed by atoms with Gasteiger partial charge in [0, 0.05) is 50.5 Å². The van der Waals surface area contributed by atoms with E-state index < -0.39 is 37.3 Å². The van der Waals surface area contributed by atoms with E-state index >= 15 is 0 Å². The monoisotopic (exact) mass is 708 g/mol. The quantitative estimate of drug-likeness (QED) is 0.249. The summed E-state index contributed by atoms with van der Waals surface area (Å²) in [5.41, 5.74) is 1.10. The number of amides is 3. The zero-order valence-corrected chi connectivity index (χ0v) is 32.5. The predicted molar refractivity (Wildman–Crippen MR) is 196 cm³/mol. The van der Waals surface area contributed by atoms with Gasteiger partial charge < -0.3 is 23.7 Å². The molecular weight excluding hydrogens is 656 g/mol. The zero-order chi connectivity index (χ0) is 37.0. The van der Waals surface area contributed by atoms with Crippen molar-refractivity contribution in [3.8, 4) is 5.75 Å². The molecule has 272 valence electrons. The van der Waals surface area contributed by atoms with Crippen LogP contribution in [0.25, 0.3) is 10.9 Å². The molecular formula is C38H53FN4O6Si. The van der Waals surface area contributed by atoms with Gasteiger partial charge in [-0.1, -0.05) is 32.9 Å². The third-order valence-electron chi connectivity index (χ3n) is 10.8. The Morgan fingerprint density at radius 2 is 1.66 bits per heavy atom. The molecule has 0 radical (unpaired) electrons. The van der Waals surface area contributed by atoms with Crippen LogP contribution in [0, 0.1) is 5.82 Å². The van der Waals surface area contributed by atoms with E-state index in [9.17, 15) is 18.8 Å². The zero-order valence-electron chi connectivity index (χ0n) is 31.5. The number of nitrogens with zero attached hydrogens (tertiary/aromatic N) is 4. The first-order chi connectivity index (χ1) is 23.2. The Kier molecular flexibility index (Phi) is 9.96. The summed E-state index contributed by atoms with van der Waals surface area (Å²) in [6.45, 7) is 19.3. The summed E-state index contributed by atoms with van der Waals surface area (Å²) < 4.78 is 34.7. The summed E-state index contributed by atoms with van der Waals surface area (Å²) in [4.78, 5) is 46.6. The molecule has 1 spiro atoms. The Balaban J connectivity index is 1.66. The fourth-order valence-electron chi connectivity index (χ4n) is 7.03. The fraction of sp³-hybridized carbons (Fsp3) is 0.553. The van der Waals surface area contributed by atoms with Crippen molar-refractivity contribution in [2.24, 2.45) is 0 Å². The van der Waals surface area contributed by atoms with Crippen molar-refractivity contribution < 1.29 is 32.7 Å². The molecule has 50 heavy (non-hydrogen) atoms. The molecule has 3 amide bonds. The lowest BCUT2D eigenvalue weighted by Gasteiger charge is -2.51. The number of likely N-dealkylation sites (tertiary alicyclic amines) is 1. The highest BCUT2D eigenvalue weighted by atomic mass is 28.4. The normalized spacial score (nSPS) is 17.9. The number of anilines is 1. The number of piperidine rings is 1. The average Bonchev–Trinajstić information content (AvgIpc) is 3.38. The molecule has 10 nitrogen and oxygen atoms in total. The van der Waals surface area contributed by atoms with Gasteiger partial charge in [-0.2, -0.15) is 0 Å². The predicted octanol–water partition coefficient (Wildman–Crippen LogP) is 8.09. The molecule has 1 saturated heterocycles. The van der Waals surface area contributed by atoms with Crippen molar-refractivity contribution in [2.75, 3.05) is 45.3 Å². The highest BCUT2D eigenvalue weighted by Crippen LogP contribution is 2.51. The Labute approximate surface area is 296 Å². The van der Waals surface area contributed by atoms with Crippen molar-refractivity contribution in [3.05, 3.63) is 59.5 Å². The molecule has 0 saturated carbocycles. The molecule has 2 aromatic carbocycles. The standard InChI is InChI=1S/C38H53FN4O6Si/c1-25(44)42-24-38(18-20-41(21-19-38)34(45)40(8)29-15-13-12-14-28(29)39)32-27-17-16-26(47-9)22-30(27)43(35(46)49-36(2,3)4)33(32)31(42)23-48-50(10,11)37(5,6)7/h12-17,22,31H,18-21,23-24H2,1-11H3/t31-/m0/s1. The SMILES string of the molecule is COc1ccc2c3c(n(C(=O)OC(C)(C)C)c2c1)[C@H](CO[Si](C)(C)C(C)(C)C)N(C(C)=O)CC31CCN(C(=O)N(C)c2ccccc2F)CC1. The summed E-state index contributed by atoms with van der Waals surface area (Å²) in [6, 6.07) is 11.1. The summed E-state index contributed by atoms with van der Waals surface area (Å²) in [7, 11) is 0.882. The molecule has 3 heterocycles. The number of aromatic nitrogens is 1. The van der Waals surface area contributed by atoms with E-state index in [4.69, 9.17) is 13.9 Å². The van der Waals surface area contributed by atoms with Gasteiger partial charge in [0.25, 0.3) is 0 Å². The molecule has 2 aliphatic heterocycles. The molecule has 0 unspecified atom stereocenters. The largest absolute Gasteiger partial charge is 0.497 e. The van der Waals surface area contributed by atoms with Crippen LogP contribution in [0.1, 0.15) is 78.6 Å². The summed E-state index contributed by atoms with van der Waals surface area (Å²) in [6.07, 6.45) is 0.500. The van der Waals surface area contributed by atoms with Crippen molar-refractivity contribution >= 4 is 42.9 Å². The van der Waals surface area contributed by atoms with Crippen LogP contribution in [0.5, 0.6) is 5.75 Å². The molecule has 1 atom stereocenters. The highest BCUT2D eigenvalue weighted by Gasteiger charge is 2.51. The second kappa shape index (κ2) is 13.3. The lowest BCUT2D eigenvalue weighted by molar-refractivity contribution is -0.134. The molecule has 5 rings (SSSR count). The van der Waals surface area contributed by atoms with Crippen LogP contribution < -0.4 is 9.64 Å². The number of halogens is 1. The first kappa shape index (κ1) is 37.4. The number of hydrogen-bond acceptors (Lipinski definition) is 6. The Hall–Kier alpha value is -3.90. The van der Waals surface area contributed by atoms with Crippen LogP contribution in [0.4, 0.5) is 19.7 Å². The second-order valence-electron chi connectivity index (χ2n) is 16.3. The Morgan fingerprint density at radius 3 is 2.22 bits per heavy atom. The fourth-order valence-corrected chi connectivity index (χ4v) is 8.04. The second-order valence-corrected chi connectivity index (χ2v) is 21.1. The van der Waals surface area contributed by atoms with Gasteiger partial charge in [-0.05, 0) is 81.6 Å². The Morgan fingerprint density at radius 1 is 1.02 bits per heavy atom. The number of rotatable bonds is 5. The number of methoxy groups -OCH3 is 1. The lowest BCUT2D eigenvalue weighted by atomic mass is 9.68. The first-order valence-corrected chi connectivity index (χ1v) is 20.3. The van der Waals surface area contributed by atoms with Gasteiger partial charge in [-0.3, -0.25) is 9.69 Å². The van der Waals surface area contributed by atoms with E-state index in [-0.39, 0.29) is 29.3 Å². The molecule has 12 heteroatoms. The van der Waals surface area contributed by atoms with Crippen LogP contribution >= 0.6 is 0 Å². The van der Waals surface area contributed by atoms with Crippen molar-refractivity contribution in [2.45, 2.75) is 96.5 Å². The van der Waals surface area contributed by atoms with Crippen LogP contribution in [-0.4, -0.2) is 86.7 Å². The maximum absolute atomic E-state index is 14.6. The number of fused-ring (bicyclic) bond motifs is 4. The minimum absolute atomic E-state index is 0.0762. The highest BCUT2D eigenvalue weighted by molar-refractivity contribution is 6.74. The third-order valence-corrected chi connectivity index (χ3v) is 15.3. The van der Waals surface area contributed by atoms with Crippen LogP contribution in [0.2, 0.25) is 18.1 Å². The number of ether oxygens (including phenoxy) is 2. The molecule has 1 aromatic heterocycles. The summed E-state index contributed by atoms with van der Waals surface area (Å²) in [5.74, 6) is -0.0160. The lowest BCUT2D eigenvalue weighted by Crippen LogP contribution is -2.57. The van der Waals surface area contributed by atoms with Gasteiger partial charge in [-0.25, -0.2) is 18.5 Å². The molecule has 2 aliphatic rings. The van der Waals surface area contributed by atoms with Crippen molar-refractivity contribution in [1.82, 2.24) is 14.4 Å². The number of urea groups is 1. The first-order valence-electron chi connectivity index (χ1n) is 17.4. The van der Waals surface area contributed by atoms with Gasteiger partial charge in [0.05, 0.1) is 36.7 Å². The van der Waals surface area contributed by atoms with E-state index in [2.05, 4.69) is 33.9 Å². The molecule has 1 fully saturated rings. The molecule has 0 N–H and O–H groups in total. The van der Waals surface area contributed by atoms with E-state index in [0.717, 1.165) is 10.9 Å².